The van der Waals surface area contributed by atoms with E-state index in [4.69, 9.17) is 10.4 Å². The second-order valence-electron chi connectivity index (χ2n) is 3.63. The van der Waals surface area contributed by atoms with Crippen LogP contribution in [-0.2, 0) is 0 Å². The fraction of sp³-hybridized carbons (Fsp3) is 0. The summed E-state index contributed by atoms with van der Waals surface area (Å²) in [5, 5.41) is 24.7. The van der Waals surface area contributed by atoms with Crippen molar-refractivity contribution in [2.24, 2.45) is 10.3 Å². The lowest BCUT2D eigenvalue weighted by Crippen LogP contribution is -2.17. The third-order valence-corrected chi connectivity index (χ3v) is 2.52. The molecular weight excluding hydrogens is 228 g/mol. The van der Waals surface area contributed by atoms with Crippen LogP contribution in [0.15, 0.2) is 71.0 Å². The van der Waals surface area contributed by atoms with Crippen molar-refractivity contribution in [3.05, 3.63) is 71.8 Å². The molecule has 4 nitrogen and oxygen atoms in total. The van der Waals surface area contributed by atoms with Gasteiger partial charge in [0, 0.05) is 11.1 Å². The number of benzene rings is 2. The van der Waals surface area contributed by atoms with Crippen molar-refractivity contribution >= 4 is 11.4 Å². The van der Waals surface area contributed by atoms with Crippen LogP contribution in [0.5, 0.6) is 0 Å². The van der Waals surface area contributed by atoms with Gasteiger partial charge in [0.05, 0.1) is 0 Å². The van der Waals surface area contributed by atoms with E-state index in [1.807, 2.05) is 36.4 Å². The normalized spacial score (nSPS) is 12.4. The molecule has 0 radical (unpaired) electrons. The Bertz CT molecular complexity index is 509. The summed E-state index contributed by atoms with van der Waals surface area (Å²) < 4.78 is 0. The maximum atomic E-state index is 9.14. The first kappa shape index (κ1) is 11.9. The molecule has 0 heterocycles. The molecule has 0 aliphatic heterocycles. The highest BCUT2D eigenvalue weighted by molar-refractivity contribution is 6.53. The van der Waals surface area contributed by atoms with Crippen LogP contribution in [0.4, 0.5) is 0 Å². The minimum Gasteiger partial charge on any atom is -0.410 e. The SMILES string of the molecule is O/N=C(\C(=N\O)c1ccccc1)c1ccccc1. The van der Waals surface area contributed by atoms with E-state index in [9.17, 15) is 0 Å². The van der Waals surface area contributed by atoms with Crippen molar-refractivity contribution in [1.29, 1.82) is 0 Å². The maximum Gasteiger partial charge on any atom is 0.139 e. The first-order valence-electron chi connectivity index (χ1n) is 5.42. The summed E-state index contributed by atoms with van der Waals surface area (Å²) in [5.41, 5.74) is 1.81. The Morgan fingerprint density at radius 1 is 0.611 bits per heavy atom. The molecule has 0 fully saturated rings. The highest BCUT2D eigenvalue weighted by Gasteiger charge is 2.15. The molecule has 4 heteroatoms. The Morgan fingerprint density at radius 3 is 1.22 bits per heavy atom. The largest absolute Gasteiger partial charge is 0.410 e. The van der Waals surface area contributed by atoms with Crippen LogP contribution in [-0.4, -0.2) is 21.8 Å². The van der Waals surface area contributed by atoms with E-state index < -0.39 is 0 Å². The van der Waals surface area contributed by atoms with E-state index in [-0.39, 0.29) is 11.4 Å². The summed E-state index contributed by atoms with van der Waals surface area (Å²) in [6.07, 6.45) is 0. The minimum absolute atomic E-state index is 0.226. The molecule has 2 aromatic rings. The van der Waals surface area contributed by atoms with Gasteiger partial charge < -0.3 is 10.4 Å². The Labute approximate surface area is 105 Å². The molecule has 2 N–H and O–H groups in total. The third kappa shape index (κ3) is 2.38. The molecule has 0 atom stereocenters. The summed E-state index contributed by atoms with van der Waals surface area (Å²) in [5.74, 6) is 0. The van der Waals surface area contributed by atoms with Gasteiger partial charge in [0.25, 0.3) is 0 Å². The Hall–Kier alpha value is -2.62. The number of hydrogen-bond acceptors (Lipinski definition) is 4. The highest BCUT2D eigenvalue weighted by Crippen LogP contribution is 2.09. The fourth-order valence-corrected chi connectivity index (χ4v) is 1.68. The molecule has 0 bridgehead atoms. The van der Waals surface area contributed by atoms with E-state index >= 15 is 0 Å². The minimum atomic E-state index is 0.226. The van der Waals surface area contributed by atoms with Gasteiger partial charge in [-0.05, 0) is 0 Å². The summed E-state index contributed by atoms with van der Waals surface area (Å²) in [6.45, 7) is 0. The first-order chi connectivity index (χ1) is 8.86. The fourth-order valence-electron chi connectivity index (χ4n) is 1.68. The summed E-state index contributed by atoms with van der Waals surface area (Å²) in [7, 11) is 0. The highest BCUT2D eigenvalue weighted by atomic mass is 16.4. The van der Waals surface area contributed by atoms with Crippen molar-refractivity contribution < 1.29 is 10.4 Å². The Morgan fingerprint density at radius 2 is 0.944 bits per heavy atom. The van der Waals surface area contributed by atoms with Crippen molar-refractivity contribution in [1.82, 2.24) is 0 Å². The van der Waals surface area contributed by atoms with Gasteiger partial charge in [-0.3, -0.25) is 0 Å². The second kappa shape index (κ2) is 5.63. The molecule has 0 aliphatic carbocycles. The van der Waals surface area contributed by atoms with E-state index in [0.717, 1.165) is 0 Å². The lowest BCUT2D eigenvalue weighted by molar-refractivity contribution is 0.314. The van der Waals surface area contributed by atoms with Crippen molar-refractivity contribution in [2.45, 2.75) is 0 Å². The van der Waals surface area contributed by atoms with Gasteiger partial charge in [0.2, 0.25) is 0 Å². The van der Waals surface area contributed by atoms with Crippen LogP contribution in [0.1, 0.15) is 11.1 Å². The van der Waals surface area contributed by atoms with Gasteiger partial charge in [-0.2, -0.15) is 0 Å². The molecule has 0 saturated heterocycles. The summed E-state index contributed by atoms with van der Waals surface area (Å²) in [6, 6.07) is 18.1. The zero-order valence-corrected chi connectivity index (χ0v) is 9.56. The molecule has 18 heavy (non-hydrogen) atoms. The Kier molecular flexibility index (Phi) is 3.71. The molecular formula is C14H12N2O2. The zero-order valence-electron chi connectivity index (χ0n) is 9.56. The molecule has 90 valence electrons. The molecule has 0 spiro atoms. The predicted molar refractivity (Wildman–Crippen MR) is 69.5 cm³/mol. The zero-order chi connectivity index (χ0) is 12.8. The van der Waals surface area contributed by atoms with Gasteiger partial charge in [-0.15, -0.1) is 0 Å². The van der Waals surface area contributed by atoms with Gasteiger partial charge in [-0.1, -0.05) is 71.0 Å². The molecule has 0 unspecified atom stereocenters. The van der Waals surface area contributed by atoms with Crippen LogP contribution in [0, 0.1) is 0 Å². The van der Waals surface area contributed by atoms with Gasteiger partial charge in [-0.25, -0.2) is 0 Å². The van der Waals surface area contributed by atoms with Gasteiger partial charge in [0.15, 0.2) is 0 Å². The van der Waals surface area contributed by atoms with E-state index in [1.165, 1.54) is 0 Å². The van der Waals surface area contributed by atoms with Gasteiger partial charge in [0.1, 0.15) is 11.4 Å². The van der Waals surface area contributed by atoms with E-state index in [1.54, 1.807) is 24.3 Å². The van der Waals surface area contributed by atoms with E-state index in [0.29, 0.717) is 11.1 Å². The van der Waals surface area contributed by atoms with Crippen LogP contribution in [0.3, 0.4) is 0 Å². The van der Waals surface area contributed by atoms with Crippen LogP contribution in [0.2, 0.25) is 0 Å². The van der Waals surface area contributed by atoms with Crippen molar-refractivity contribution in [3.63, 3.8) is 0 Å². The summed E-state index contributed by atoms with van der Waals surface area (Å²) >= 11 is 0. The number of nitrogens with zero attached hydrogens (tertiary/aromatic N) is 2. The molecule has 0 amide bonds. The third-order valence-electron chi connectivity index (χ3n) is 2.52. The van der Waals surface area contributed by atoms with E-state index in [2.05, 4.69) is 10.3 Å². The topological polar surface area (TPSA) is 65.2 Å². The Balaban J connectivity index is 2.45. The quantitative estimate of drug-likeness (QED) is 0.492. The average Bonchev–Trinajstić information content (AvgIpc) is 2.46. The molecule has 2 aromatic carbocycles. The first-order valence-corrected chi connectivity index (χ1v) is 5.42. The summed E-state index contributed by atoms with van der Waals surface area (Å²) in [4.78, 5) is 0. The van der Waals surface area contributed by atoms with Crippen molar-refractivity contribution in [2.75, 3.05) is 0 Å². The molecule has 0 saturated carbocycles. The lowest BCUT2D eigenvalue weighted by atomic mass is 10.0. The second-order valence-corrected chi connectivity index (χ2v) is 3.63. The van der Waals surface area contributed by atoms with Crippen LogP contribution in [0.25, 0.3) is 0 Å². The van der Waals surface area contributed by atoms with Crippen molar-refractivity contribution in [3.8, 4) is 0 Å². The molecule has 2 rings (SSSR count). The maximum absolute atomic E-state index is 9.14. The van der Waals surface area contributed by atoms with Gasteiger partial charge >= 0.3 is 0 Å². The average molecular weight is 240 g/mol. The number of rotatable bonds is 3. The smallest absolute Gasteiger partial charge is 0.139 e. The lowest BCUT2D eigenvalue weighted by Gasteiger charge is -2.06. The monoisotopic (exact) mass is 240 g/mol. The standard InChI is InChI=1S/C14H12N2O2/c17-15-13(11-7-3-1-4-8-11)14(16-18)12-9-5-2-6-10-12/h1-10,17-18H/b15-13-,16-14+. The number of oxime groups is 2. The number of hydrogen-bond donors (Lipinski definition) is 2. The molecule has 0 aliphatic rings. The van der Waals surface area contributed by atoms with Crippen LogP contribution < -0.4 is 0 Å². The van der Waals surface area contributed by atoms with Crippen LogP contribution >= 0.6 is 0 Å². The molecule has 0 aromatic heterocycles. The predicted octanol–water partition coefficient (Wildman–Crippen LogP) is 2.74.